The molecule has 0 unspecified atom stereocenters. The highest BCUT2D eigenvalue weighted by Gasteiger charge is 2.12. The van der Waals surface area contributed by atoms with Crippen molar-refractivity contribution in [1.29, 1.82) is 0 Å². The van der Waals surface area contributed by atoms with E-state index in [4.69, 9.17) is 4.55 Å². The third-order valence-electron chi connectivity index (χ3n) is 2.50. The molecule has 0 aromatic carbocycles. The first kappa shape index (κ1) is 13.3. The van der Waals surface area contributed by atoms with E-state index in [1.807, 2.05) is 12.4 Å². The number of unbranched alkanes of at least 4 members (excludes halogenated alkanes) is 1. The molecule has 1 N–H and O–H groups in total. The van der Waals surface area contributed by atoms with E-state index in [0.717, 1.165) is 13.2 Å². The van der Waals surface area contributed by atoms with Crippen LogP contribution in [0.4, 0.5) is 0 Å². The molecule has 0 aliphatic carbocycles. The fourth-order valence-electron chi connectivity index (χ4n) is 1.62. The van der Waals surface area contributed by atoms with Crippen LogP contribution in [0.15, 0.2) is 12.4 Å². The monoisotopic (exact) mass is 248 g/mol. The predicted octanol–water partition coefficient (Wildman–Crippen LogP) is 1.11. The summed E-state index contributed by atoms with van der Waals surface area (Å²) in [6.07, 6.45) is 6.81. The van der Waals surface area contributed by atoms with Gasteiger partial charge in [0.15, 0.2) is 0 Å². The third kappa shape index (κ3) is 5.37. The molecule has 16 heavy (non-hydrogen) atoms. The van der Waals surface area contributed by atoms with E-state index >= 15 is 0 Å². The summed E-state index contributed by atoms with van der Waals surface area (Å²) < 4.78 is 29.6. The van der Waals surface area contributed by atoms with Gasteiger partial charge in [-0.05, 0) is 12.8 Å². The zero-order chi connectivity index (χ0) is 12.0. The first-order valence-corrected chi connectivity index (χ1v) is 7.24. The van der Waals surface area contributed by atoms with Crippen molar-refractivity contribution < 1.29 is 13.0 Å². The van der Waals surface area contributed by atoms with Crippen molar-refractivity contribution in [2.75, 3.05) is 25.5 Å². The molecule has 94 valence electrons. The van der Waals surface area contributed by atoms with Gasteiger partial charge in [0.1, 0.15) is 0 Å². The smallest absolute Gasteiger partial charge is 0.264 e. The fourth-order valence-corrected chi connectivity index (χ4v) is 2.11. The average Bonchev–Trinajstić information content (AvgIpc) is 2.61. The first-order valence-electron chi connectivity index (χ1n) is 5.63. The lowest BCUT2D eigenvalue weighted by Crippen LogP contribution is -2.27. The molecule has 6 heteroatoms. The lowest BCUT2D eigenvalue weighted by Gasteiger charge is -2.20. The van der Waals surface area contributed by atoms with E-state index < -0.39 is 10.1 Å². The van der Waals surface area contributed by atoms with Crippen molar-refractivity contribution in [1.82, 2.24) is 9.80 Å². The fraction of sp³-hybridized carbons (Fsp3) is 0.800. The Hall–Kier alpha value is -0.750. The summed E-state index contributed by atoms with van der Waals surface area (Å²) in [4.78, 5) is 4.26. The van der Waals surface area contributed by atoms with Crippen molar-refractivity contribution in [3.63, 3.8) is 0 Å². The van der Waals surface area contributed by atoms with Crippen LogP contribution < -0.4 is 0 Å². The summed E-state index contributed by atoms with van der Waals surface area (Å²) >= 11 is 0. The van der Waals surface area contributed by atoms with Crippen molar-refractivity contribution in [2.45, 2.75) is 26.2 Å². The molecule has 0 aromatic heterocycles. The SMILES string of the molecule is CCCCN1C=CN(CCCS(=O)(=O)O)C1. The van der Waals surface area contributed by atoms with Crippen molar-refractivity contribution in [3.8, 4) is 0 Å². The zero-order valence-corrected chi connectivity index (χ0v) is 10.5. The Labute approximate surface area is 97.5 Å². The van der Waals surface area contributed by atoms with Gasteiger partial charge in [-0.3, -0.25) is 4.55 Å². The van der Waals surface area contributed by atoms with Gasteiger partial charge in [0.25, 0.3) is 10.1 Å². The van der Waals surface area contributed by atoms with Gasteiger partial charge in [0.2, 0.25) is 0 Å². The molecule has 0 radical (unpaired) electrons. The summed E-state index contributed by atoms with van der Waals surface area (Å²) in [6.45, 7) is 4.69. The van der Waals surface area contributed by atoms with Gasteiger partial charge in [-0.25, -0.2) is 0 Å². The van der Waals surface area contributed by atoms with Crippen molar-refractivity contribution >= 4 is 10.1 Å². The van der Waals surface area contributed by atoms with Crippen molar-refractivity contribution in [2.24, 2.45) is 0 Å². The Bertz CT molecular complexity index is 327. The van der Waals surface area contributed by atoms with Gasteiger partial charge < -0.3 is 9.80 Å². The Balaban J connectivity index is 2.15. The minimum Gasteiger partial charge on any atom is -0.359 e. The van der Waals surface area contributed by atoms with Crippen LogP contribution in [0.3, 0.4) is 0 Å². The largest absolute Gasteiger partial charge is 0.359 e. The highest BCUT2D eigenvalue weighted by Crippen LogP contribution is 2.08. The van der Waals surface area contributed by atoms with Crippen LogP contribution in [0, 0.1) is 0 Å². The predicted molar refractivity (Wildman–Crippen MR) is 63.4 cm³/mol. The molecule has 0 amide bonds. The topological polar surface area (TPSA) is 60.9 Å². The van der Waals surface area contributed by atoms with Crippen LogP contribution in [-0.2, 0) is 10.1 Å². The number of nitrogens with zero attached hydrogens (tertiary/aromatic N) is 2. The Morgan fingerprint density at radius 1 is 1.19 bits per heavy atom. The molecule has 0 saturated carbocycles. The second kappa shape index (κ2) is 6.10. The van der Waals surface area contributed by atoms with E-state index in [1.54, 1.807) is 0 Å². The van der Waals surface area contributed by atoms with Crippen LogP contribution in [0.2, 0.25) is 0 Å². The van der Waals surface area contributed by atoms with Gasteiger partial charge in [-0.1, -0.05) is 13.3 Å². The molecule has 0 aromatic rings. The Kier molecular flexibility index (Phi) is 5.08. The van der Waals surface area contributed by atoms with E-state index in [9.17, 15) is 8.42 Å². The van der Waals surface area contributed by atoms with E-state index in [-0.39, 0.29) is 5.75 Å². The van der Waals surface area contributed by atoms with Crippen LogP contribution in [0.1, 0.15) is 26.2 Å². The molecule has 0 spiro atoms. The standard InChI is InChI=1S/C10H20N2O3S/c1-2-3-5-11-7-8-12(10-11)6-4-9-16(13,14)15/h7-8H,2-6,9-10H2,1H3,(H,13,14,15). The minimum atomic E-state index is -3.81. The Morgan fingerprint density at radius 2 is 1.75 bits per heavy atom. The molecule has 0 bridgehead atoms. The summed E-state index contributed by atoms with van der Waals surface area (Å²) in [5.41, 5.74) is 0. The van der Waals surface area contributed by atoms with Gasteiger partial charge in [-0.2, -0.15) is 8.42 Å². The molecule has 1 aliphatic rings. The second-order valence-corrected chi connectivity index (χ2v) is 5.63. The van der Waals surface area contributed by atoms with E-state index in [1.165, 1.54) is 12.8 Å². The minimum absolute atomic E-state index is 0.160. The highest BCUT2D eigenvalue weighted by molar-refractivity contribution is 7.85. The maximum Gasteiger partial charge on any atom is 0.264 e. The first-order chi connectivity index (χ1) is 7.51. The van der Waals surface area contributed by atoms with Gasteiger partial charge in [0, 0.05) is 25.5 Å². The lowest BCUT2D eigenvalue weighted by molar-refractivity contribution is 0.262. The molecular formula is C10H20N2O3S. The number of hydrogen-bond donors (Lipinski definition) is 1. The summed E-state index contributed by atoms with van der Waals surface area (Å²) in [6, 6.07) is 0. The quantitative estimate of drug-likeness (QED) is 0.684. The number of hydrogen-bond acceptors (Lipinski definition) is 4. The van der Waals surface area contributed by atoms with Crippen LogP contribution in [0.25, 0.3) is 0 Å². The summed E-state index contributed by atoms with van der Waals surface area (Å²) in [5.74, 6) is -0.160. The summed E-state index contributed by atoms with van der Waals surface area (Å²) in [7, 11) is -3.81. The van der Waals surface area contributed by atoms with Gasteiger partial charge in [-0.15, -0.1) is 0 Å². The zero-order valence-electron chi connectivity index (χ0n) is 9.67. The number of rotatable bonds is 7. The molecule has 1 aliphatic heterocycles. The van der Waals surface area contributed by atoms with E-state index in [0.29, 0.717) is 13.0 Å². The van der Waals surface area contributed by atoms with Crippen LogP contribution in [0.5, 0.6) is 0 Å². The molecule has 0 fully saturated rings. The summed E-state index contributed by atoms with van der Waals surface area (Å²) in [5, 5.41) is 0. The molecule has 5 nitrogen and oxygen atoms in total. The lowest BCUT2D eigenvalue weighted by atomic mass is 10.3. The average molecular weight is 248 g/mol. The molecule has 0 saturated heterocycles. The molecular weight excluding hydrogens is 228 g/mol. The molecule has 0 atom stereocenters. The molecule has 1 heterocycles. The van der Waals surface area contributed by atoms with Crippen LogP contribution in [-0.4, -0.2) is 48.3 Å². The molecule has 1 rings (SSSR count). The Morgan fingerprint density at radius 3 is 2.25 bits per heavy atom. The third-order valence-corrected chi connectivity index (χ3v) is 3.30. The maximum absolute atomic E-state index is 10.5. The van der Waals surface area contributed by atoms with Crippen molar-refractivity contribution in [3.05, 3.63) is 12.4 Å². The second-order valence-electron chi connectivity index (χ2n) is 4.06. The highest BCUT2D eigenvalue weighted by atomic mass is 32.2. The van der Waals surface area contributed by atoms with Crippen LogP contribution >= 0.6 is 0 Å². The van der Waals surface area contributed by atoms with Gasteiger partial charge in [0.05, 0.1) is 12.4 Å². The maximum atomic E-state index is 10.5. The normalized spacial score (nSPS) is 16.1. The van der Waals surface area contributed by atoms with E-state index in [2.05, 4.69) is 16.7 Å². The van der Waals surface area contributed by atoms with Gasteiger partial charge >= 0.3 is 0 Å².